The van der Waals surface area contributed by atoms with Crippen LogP contribution < -0.4 is 5.22 Å². The van der Waals surface area contributed by atoms with E-state index in [-0.39, 0.29) is 0 Å². The molecule has 0 radical (unpaired) electrons. The topological polar surface area (TPSA) is 4.41 Å². The van der Waals surface area contributed by atoms with Gasteiger partial charge in [0.1, 0.15) is 0 Å². The van der Waals surface area contributed by atoms with E-state index in [2.05, 4.69) is 50.3 Å². The van der Waals surface area contributed by atoms with Gasteiger partial charge in [0.2, 0.25) is 0 Å². The van der Waals surface area contributed by atoms with E-state index < -0.39 is 0 Å². The van der Waals surface area contributed by atoms with Gasteiger partial charge in [-0.15, -0.1) is 0 Å². The molecular formula is C23H23N. The maximum Gasteiger partial charge on any atom is 0.0577 e. The summed E-state index contributed by atoms with van der Waals surface area (Å²) in [6.07, 6.45) is 19.1. The van der Waals surface area contributed by atoms with E-state index in [1.54, 1.807) is 12.2 Å². The van der Waals surface area contributed by atoms with Crippen LogP contribution >= 0.6 is 0 Å². The SMILES string of the molecule is C=C/C=C\c1c(C)c2/c(=C\C=C)c(C=C)c(/C=C\C=C)n2c1C=C. The smallest absolute Gasteiger partial charge is 0.0577 e. The molecule has 0 aliphatic rings. The fraction of sp³-hybridized carbons (Fsp3) is 0.0435. The Balaban J connectivity index is 3.14. The molecule has 0 saturated heterocycles. The van der Waals surface area contributed by atoms with Gasteiger partial charge < -0.3 is 4.40 Å². The van der Waals surface area contributed by atoms with Gasteiger partial charge in [0.15, 0.2) is 0 Å². The molecule has 0 aliphatic heterocycles. The predicted octanol–water partition coefficient (Wildman–Crippen LogP) is 5.62. The van der Waals surface area contributed by atoms with Crippen LogP contribution in [-0.4, -0.2) is 4.40 Å². The monoisotopic (exact) mass is 313 g/mol. The number of nitrogens with zero attached hydrogens (tertiary/aromatic N) is 1. The van der Waals surface area contributed by atoms with Crippen LogP contribution in [0.5, 0.6) is 0 Å². The maximum absolute atomic E-state index is 4.01. The lowest BCUT2D eigenvalue weighted by atomic mass is 10.1. The molecule has 24 heavy (non-hydrogen) atoms. The van der Waals surface area contributed by atoms with Crippen molar-refractivity contribution in [2.45, 2.75) is 6.92 Å². The van der Waals surface area contributed by atoms with Crippen LogP contribution in [0.4, 0.5) is 0 Å². The summed E-state index contributed by atoms with van der Waals surface area (Å²) in [5.74, 6) is 0. The second-order valence-electron chi connectivity index (χ2n) is 5.32. The second kappa shape index (κ2) is 7.47. The summed E-state index contributed by atoms with van der Waals surface area (Å²) >= 11 is 0. The zero-order chi connectivity index (χ0) is 17.7. The number of rotatable bonds is 7. The van der Waals surface area contributed by atoms with Crippen molar-refractivity contribution in [1.29, 1.82) is 0 Å². The summed E-state index contributed by atoms with van der Waals surface area (Å²) in [6.45, 7) is 21.5. The molecule has 2 rings (SSSR count). The Labute approximate surface area is 144 Å². The van der Waals surface area contributed by atoms with Gasteiger partial charge in [0.05, 0.1) is 16.9 Å². The fourth-order valence-corrected chi connectivity index (χ4v) is 3.09. The van der Waals surface area contributed by atoms with Gasteiger partial charge >= 0.3 is 0 Å². The van der Waals surface area contributed by atoms with Gasteiger partial charge in [-0.25, -0.2) is 0 Å². The molecule has 120 valence electrons. The lowest BCUT2D eigenvalue weighted by Crippen LogP contribution is -2.02. The third-order valence-electron chi connectivity index (χ3n) is 4.03. The molecule has 0 N–H and O–H groups in total. The first-order valence-corrected chi connectivity index (χ1v) is 7.82. The Hall–Kier alpha value is -3.06. The predicted molar refractivity (Wildman–Crippen MR) is 111 cm³/mol. The van der Waals surface area contributed by atoms with E-state index in [0.717, 1.165) is 33.3 Å². The molecule has 0 aliphatic carbocycles. The first-order chi connectivity index (χ1) is 11.7. The van der Waals surface area contributed by atoms with Crippen LogP contribution in [0.15, 0.2) is 63.3 Å². The highest BCUT2D eigenvalue weighted by Crippen LogP contribution is 2.28. The lowest BCUT2D eigenvalue weighted by Gasteiger charge is -2.01. The Bertz CT molecular complexity index is 943. The van der Waals surface area contributed by atoms with E-state index in [1.807, 2.05) is 42.5 Å². The summed E-state index contributed by atoms with van der Waals surface area (Å²) in [7, 11) is 0. The lowest BCUT2D eigenvalue weighted by molar-refractivity contribution is 1.18. The zero-order valence-electron chi connectivity index (χ0n) is 14.3. The van der Waals surface area contributed by atoms with E-state index in [9.17, 15) is 0 Å². The van der Waals surface area contributed by atoms with Crippen molar-refractivity contribution >= 4 is 35.9 Å². The first-order valence-electron chi connectivity index (χ1n) is 7.82. The third-order valence-corrected chi connectivity index (χ3v) is 4.03. The Kier molecular flexibility index (Phi) is 5.39. The van der Waals surface area contributed by atoms with Gasteiger partial charge in [0, 0.05) is 16.3 Å². The van der Waals surface area contributed by atoms with Crippen molar-refractivity contribution in [2.75, 3.05) is 0 Å². The van der Waals surface area contributed by atoms with Crippen LogP contribution in [0.3, 0.4) is 0 Å². The van der Waals surface area contributed by atoms with Crippen LogP contribution in [-0.2, 0) is 0 Å². The highest BCUT2D eigenvalue weighted by molar-refractivity contribution is 5.84. The number of hydrogen-bond acceptors (Lipinski definition) is 0. The van der Waals surface area contributed by atoms with Crippen LogP contribution in [0, 0.1) is 6.92 Å². The number of allylic oxidation sites excluding steroid dienone is 5. The molecule has 0 saturated carbocycles. The van der Waals surface area contributed by atoms with Gasteiger partial charge in [-0.3, -0.25) is 0 Å². The van der Waals surface area contributed by atoms with Gasteiger partial charge in [0.25, 0.3) is 0 Å². The quantitative estimate of drug-likeness (QED) is 0.585. The van der Waals surface area contributed by atoms with Crippen molar-refractivity contribution in [3.8, 4) is 0 Å². The first kappa shape index (κ1) is 17.3. The van der Waals surface area contributed by atoms with E-state index in [4.69, 9.17) is 0 Å². The molecule has 1 heteroatoms. The second-order valence-corrected chi connectivity index (χ2v) is 5.32. The van der Waals surface area contributed by atoms with Gasteiger partial charge in [-0.05, 0) is 24.6 Å². The van der Waals surface area contributed by atoms with E-state index >= 15 is 0 Å². The van der Waals surface area contributed by atoms with Crippen molar-refractivity contribution < 1.29 is 0 Å². The number of fused-ring (bicyclic) bond motifs is 1. The Morgan fingerprint density at radius 2 is 1.42 bits per heavy atom. The van der Waals surface area contributed by atoms with E-state index in [0.29, 0.717) is 0 Å². The summed E-state index contributed by atoms with van der Waals surface area (Å²) in [5, 5.41) is 1.11. The van der Waals surface area contributed by atoms with Crippen LogP contribution in [0.2, 0.25) is 0 Å². The molecule has 2 aromatic heterocycles. The zero-order valence-corrected chi connectivity index (χ0v) is 14.3. The third kappa shape index (κ3) is 2.65. The Morgan fingerprint density at radius 3 is 1.96 bits per heavy atom. The Morgan fingerprint density at radius 1 is 0.750 bits per heavy atom. The van der Waals surface area contributed by atoms with Gasteiger partial charge in [-0.2, -0.15) is 0 Å². The molecule has 2 heterocycles. The standard InChI is InChI=1S/C23H23N/c1-7-12-15-19-17(6)23-20(14-9-3)18(10-4)22(16-13-8-2)24(23)21(19)11-5/h7-16H,1-5H2,6H3/b15-12-,16-13-,20-14-. The fourth-order valence-electron chi connectivity index (χ4n) is 3.09. The maximum atomic E-state index is 4.01. The minimum atomic E-state index is 1.05. The average Bonchev–Trinajstić information content (AvgIpc) is 3.03. The number of hydrogen-bond donors (Lipinski definition) is 0. The van der Waals surface area contributed by atoms with Crippen molar-refractivity contribution in [3.63, 3.8) is 0 Å². The number of aryl methyl sites for hydroxylation is 1. The van der Waals surface area contributed by atoms with E-state index in [1.165, 1.54) is 5.56 Å². The highest BCUT2D eigenvalue weighted by Gasteiger charge is 2.19. The normalized spacial score (nSPS) is 12.3. The molecule has 0 amide bonds. The summed E-state index contributed by atoms with van der Waals surface area (Å²) < 4.78 is 2.22. The molecule has 0 bridgehead atoms. The number of aromatic nitrogens is 1. The minimum absolute atomic E-state index is 1.05. The molecule has 1 nitrogen and oxygen atoms in total. The highest BCUT2D eigenvalue weighted by atomic mass is 14.9. The summed E-state index contributed by atoms with van der Waals surface area (Å²) in [6, 6.07) is 0. The molecule has 0 spiro atoms. The van der Waals surface area contributed by atoms with Gasteiger partial charge in [-0.1, -0.05) is 81.5 Å². The molecule has 0 unspecified atom stereocenters. The molecule has 0 fully saturated rings. The summed E-state index contributed by atoms with van der Waals surface area (Å²) in [4.78, 5) is 0. The van der Waals surface area contributed by atoms with Crippen molar-refractivity contribution in [3.05, 3.63) is 96.6 Å². The average molecular weight is 313 g/mol. The minimum Gasteiger partial charge on any atom is -0.308 e. The van der Waals surface area contributed by atoms with Crippen LogP contribution in [0.1, 0.15) is 28.1 Å². The van der Waals surface area contributed by atoms with Crippen LogP contribution in [0.25, 0.3) is 35.9 Å². The molecule has 2 aromatic rings. The molecule has 0 atom stereocenters. The van der Waals surface area contributed by atoms with Crippen molar-refractivity contribution in [1.82, 2.24) is 4.40 Å². The summed E-state index contributed by atoms with van der Waals surface area (Å²) in [5.41, 5.74) is 6.67. The molecular weight excluding hydrogens is 290 g/mol. The largest absolute Gasteiger partial charge is 0.308 e. The molecule has 0 aromatic carbocycles. The van der Waals surface area contributed by atoms with Crippen molar-refractivity contribution in [2.24, 2.45) is 0 Å².